The quantitative estimate of drug-likeness (QED) is 0.394. The lowest BCUT2D eigenvalue weighted by Crippen LogP contribution is -2.38. The Morgan fingerprint density at radius 3 is 2.45 bits per heavy atom. The minimum atomic E-state index is 0.202. The number of amides is 1. The van der Waals surface area contributed by atoms with Crippen LogP contribution >= 0.6 is 11.6 Å². The molecule has 0 unspecified atom stereocenters. The standard InChI is InChI=1S/C23H29ClN4O/c1-2-25-23(27-15-13-18-8-5-6-11-21(18)24)26-14-7-12-22(29)28-16-19-9-3-4-10-20(19)17-28/h3-6,8-11H,2,7,12-17H2,1H3,(H2,25,26,27). The highest BCUT2D eigenvalue weighted by Gasteiger charge is 2.22. The van der Waals surface area contributed by atoms with E-state index in [1.165, 1.54) is 11.1 Å². The topological polar surface area (TPSA) is 56.7 Å². The van der Waals surface area contributed by atoms with Crippen LogP contribution in [0.25, 0.3) is 0 Å². The van der Waals surface area contributed by atoms with Gasteiger partial charge in [0.05, 0.1) is 0 Å². The van der Waals surface area contributed by atoms with E-state index in [-0.39, 0.29) is 5.91 Å². The van der Waals surface area contributed by atoms with Crippen LogP contribution in [-0.2, 0) is 24.3 Å². The molecule has 2 aromatic rings. The van der Waals surface area contributed by atoms with E-state index in [9.17, 15) is 4.79 Å². The molecule has 0 aromatic heterocycles. The van der Waals surface area contributed by atoms with Gasteiger partial charge in [0, 0.05) is 44.2 Å². The van der Waals surface area contributed by atoms with Gasteiger partial charge in [-0.05, 0) is 42.5 Å². The first-order valence-corrected chi connectivity index (χ1v) is 10.7. The molecule has 2 N–H and O–H groups in total. The van der Waals surface area contributed by atoms with Gasteiger partial charge in [-0.15, -0.1) is 0 Å². The molecule has 5 nitrogen and oxygen atoms in total. The van der Waals surface area contributed by atoms with Gasteiger partial charge < -0.3 is 15.5 Å². The van der Waals surface area contributed by atoms with Crippen molar-refractivity contribution in [3.05, 3.63) is 70.2 Å². The fourth-order valence-corrected chi connectivity index (χ4v) is 3.68. The van der Waals surface area contributed by atoms with Gasteiger partial charge in [0.2, 0.25) is 5.91 Å². The minimum Gasteiger partial charge on any atom is -0.357 e. The van der Waals surface area contributed by atoms with E-state index in [1.807, 2.05) is 48.2 Å². The van der Waals surface area contributed by atoms with Crippen molar-refractivity contribution in [3.8, 4) is 0 Å². The van der Waals surface area contributed by atoms with Crippen molar-refractivity contribution in [2.24, 2.45) is 4.99 Å². The zero-order valence-corrected chi connectivity index (χ0v) is 17.7. The lowest BCUT2D eigenvalue weighted by atomic mass is 10.1. The number of hydrogen-bond donors (Lipinski definition) is 2. The molecule has 6 heteroatoms. The summed E-state index contributed by atoms with van der Waals surface area (Å²) in [6.45, 7) is 5.66. The fourth-order valence-electron chi connectivity index (χ4n) is 3.45. The molecule has 0 fully saturated rings. The highest BCUT2D eigenvalue weighted by Crippen LogP contribution is 2.22. The predicted molar refractivity (Wildman–Crippen MR) is 119 cm³/mol. The summed E-state index contributed by atoms with van der Waals surface area (Å²) in [6.07, 6.45) is 2.10. The monoisotopic (exact) mass is 412 g/mol. The van der Waals surface area contributed by atoms with Crippen LogP contribution in [0, 0.1) is 0 Å². The van der Waals surface area contributed by atoms with Gasteiger partial charge in [0.1, 0.15) is 0 Å². The number of carbonyl (C=O) groups is 1. The summed E-state index contributed by atoms with van der Waals surface area (Å²) >= 11 is 6.21. The molecule has 3 rings (SSSR count). The number of rotatable bonds is 8. The number of benzene rings is 2. The SMILES string of the molecule is CCNC(=NCCCC(=O)N1Cc2ccccc2C1)NCCc1ccccc1Cl. The molecule has 1 aliphatic heterocycles. The van der Waals surface area contributed by atoms with Crippen LogP contribution in [0.15, 0.2) is 53.5 Å². The molecule has 0 saturated heterocycles. The number of carbonyl (C=O) groups excluding carboxylic acids is 1. The Hall–Kier alpha value is -2.53. The molecule has 2 aromatic carbocycles. The zero-order valence-electron chi connectivity index (χ0n) is 17.0. The Balaban J connectivity index is 1.40. The van der Waals surface area contributed by atoms with E-state index in [2.05, 4.69) is 27.8 Å². The van der Waals surface area contributed by atoms with E-state index in [0.29, 0.717) is 13.0 Å². The minimum absolute atomic E-state index is 0.202. The summed E-state index contributed by atoms with van der Waals surface area (Å²) in [5.74, 6) is 0.980. The number of hydrogen-bond acceptors (Lipinski definition) is 2. The van der Waals surface area contributed by atoms with Crippen LogP contribution < -0.4 is 10.6 Å². The molecule has 0 bridgehead atoms. The Morgan fingerprint density at radius 1 is 1.07 bits per heavy atom. The van der Waals surface area contributed by atoms with Crippen molar-refractivity contribution < 1.29 is 4.79 Å². The Morgan fingerprint density at radius 2 is 1.76 bits per heavy atom. The van der Waals surface area contributed by atoms with Crippen LogP contribution in [-0.4, -0.2) is 36.4 Å². The molecule has 1 aliphatic rings. The molecule has 0 aliphatic carbocycles. The summed E-state index contributed by atoms with van der Waals surface area (Å²) < 4.78 is 0. The number of halogens is 1. The third-order valence-corrected chi connectivity index (χ3v) is 5.37. The van der Waals surface area contributed by atoms with Crippen LogP contribution in [0.2, 0.25) is 5.02 Å². The van der Waals surface area contributed by atoms with Gasteiger partial charge in [0.25, 0.3) is 0 Å². The average Bonchev–Trinajstić information content (AvgIpc) is 3.17. The van der Waals surface area contributed by atoms with Crippen molar-refractivity contribution in [1.29, 1.82) is 0 Å². The molecule has 154 valence electrons. The summed E-state index contributed by atoms with van der Waals surface area (Å²) in [5.41, 5.74) is 3.64. The molecule has 1 heterocycles. The molecule has 0 saturated carbocycles. The van der Waals surface area contributed by atoms with Crippen LogP contribution in [0.3, 0.4) is 0 Å². The third kappa shape index (κ3) is 6.23. The van der Waals surface area contributed by atoms with E-state index >= 15 is 0 Å². The first kappa shape index (κ1) is 21.2. The average molecular weight is 413 g/mol. The molecular weight excluding hydrogens is 384 g/mol. The first-order valence-electron chi connectivity index (χ1n) is 10.3. The van der Waals surface area contributed by atoms with E-state index in [4.69, 9.17) is 11.6 Å². The Labute approximate surface area is 178 Å². The van der Waals surface area contributed by atoms with Gasteiger partial charge in [-0.3, -0.25) is 9.79 Å². The third-order valence-electron chi connectivity index (χ3n) is 5.00. The number of nitrogens with one attached hydrogen (secondary N) is 2. The van der Waals surface area contributed by atoms with Crippen molar-refractivity contribution >= 4 is 23.5 Å². The second-order valence-corrected chi connectivity index (χ2v) is 7.56. The highest BCUT2D eigenvalue weighted by molar-refractivity contribution is 6.31. The van der Waals surface area contributed by atoms with Gasteiger partial charge >= 0.3 is 0 Å². The second-order valence-electron chi connectivity index (χ2n) is 7.15. The van der Waals surface area contributed by atoms with Crippen molar-refractivity contribution in [3.63, 3.8) is 0 Å². The number of fused-ring (bicyclic) bond motifs is 1. The summed E-state index contributed by atoms with van der Waals surface area (Å²) in [6, 6.07) is 16.1. The van der Waals surface area contributed by atoms with E-state index < -0.39 is 0 Å². The van der Waals surface area contributed by atoms with Gasteiger partial charge in [-0.25, -0.2) is 0 Å². The number of guanidine groups is 1. The number of nitrogens with zero attached hydrogens (tertiary/aromatic N) is 2. The molecule has 0 radical (unpaired) electrons. The lowest BCUT2D eigenvalue weighted by molar-refractivity contribution is -0.131. The molecule has 0 spiro atoms. The van der Waals surface area contributed by atoms with Crippen LogP contribution in [0.5, 0.6) is 0 Å². The van der Waals surface area contributed by atoms with Gasteiger partial charge in [-0.1, -0.05) is 54.1 Å². The highest BCUT2D eigenvalue weighted by atomic mass is 35.5. The van der Waals surface area contributed by atoms with Crippen LogP contribution in [0.1, 0.15) is 36.5 Å². The largest absolute Gasteiger partial charge is 0.357 e. The maximum atomic E-state index is 12.5. The fraction of sp³-hybridized carbons (Fsp3) is 0.391. The summed E-state index contributed by atoms with van der Waals surface area (Å²) in [4.78, 5) is 19.0. The molecule has 1 amide bonds. The smallest absolute Gasteiger partial charge is 0.223 e. The Bertz CT molecular complexity index is 827. The Kier molecular flexibility index (Phi) is 7.94. The van der Waals surface area contributed by atoms with Crippen molar-refractivity contribution in [2.45, 2.75) is 39.3 Å². The zero-order chi connectivity index (χ0) is 20.5. The molecular formula is C23H29ClN4O. The second kappa shape index (κ2) is 10.9. The van der Waals surface area contributed by atoms with Crippen molar-refractivity contribution in [2.75, 3.05) is 19.6 Å². The maximum Gasteiger partial charge on any atom is 0.223 e. The van der Waals surface area contributed by atoms with E-state index in [0.717, 1.165) is 55.6 Å². The van der Waals surface area contributed by atoms with Gasteiger partial charge in [-0.2, -0.15) is 0 Å². The normalized spacial score (nSPS) is 13.3. The lowest BCUT2D eigenvalue weighted by Gasteiger charge is -2.15. The van der Waals surface area contributed by atoms with E-state index in [1.54, 1.807) is 0 Å². The number of aliphatic imine (C=N–C) groups is 1. The molecule has 0 atom stereocenters. The van der Waals surface area contributed by atoms with Crippen LogP contribution in [0.4, 0.5) is 0 Å². The van der Waals surface area contributed by atoms with Crippen molar-refractivity contribution in [1.82, 2.24) is 15.5 Å². The summed E-state index contributed by atoms with van der Waals surface area (Å²) in [5, 5.41) is 7.38. The molecule has 29 heavy (non-hydrogen) atoms. The maximum absolute atomic E-state index is 12.5. The first-order chi connectivity index (χ1) is 14.2. The predicted octanol–water partition coefficient (Wildman–Crippen LogP) is 3.76. The van der Waals surface area contributed by atoms with Gasteiger partial charge in [0.15, 0.2) is 5.96 Å². The summed E-state index contributed by atoms with van der Waals surface area (Å²) in [7, 11) is 0.